The van der Waals surface area contributed by atoms with Gasteiger partial charge >= 0.3 is 0 Å². The third kappa shape index (κ3) is 3.65. The van der Waals surface area contributed by atoms with Crippen LogP contribution >= 0.6 is 0 Å². The Labute approximate surface area is 135 Å². The van der Waals surface area contributed by atoms with Gasteiger partial charge in [-0.3, -0.25) is 14.7 Å². The minimum absolute atomic E-state index is 0.176. The summed E-state index contributed by atoms with van der Waals surface area (Å²) >= 11 is 0. The van der Waals surface area contributed by atoms with E-state index in [2.05, 4.69) is 51.4 Å². The zero-order chi connectivity index (χ0) is 16.2. The molecule has 1 aromatic heterocycles. The van der Waals surface area contributed by atoms with Crippen molar-refractivity contribution in [2.24, 2.45) is 5.73 Å². The summed E-state index contributed by atoms with van der Waals surface area (Å²) < 4.78 is 0. The number of carbonyl (C=O) groups excluding carboxylic acids is 1. The zero-order valence-electron chi connectivity index (χ0n) is 13.2. The van der Waals surface area contributed by atoms with Crippen LogP contribution in [0.25, 0.3) is 0 Å². The normalized spacial score (nSPS) is 15.7. The summed E-state index contributed by atoms with van der Waals surface area (Å²) in [6, 6.07) is 8.95. The molecule has 6 nitrogen and oxygen atoms in total. The number of carbonyl (C=O) groups is 1. The van der Waals surface area contributed by atoms with Crippen molar-refractivity contribution in [3.8, 4) is 0 Å². The van der Waals surface area contributed by atoms with Crippen molar-refractivity contribution < 1.29 is 4.79 Å². The third-order valence-corrected chi connectivity index (χ3v) is 4.25. The fourth-order valence-corrected chi connectivity index (χ4v) is 2.85. The Bertz CT molecular complexity index is 703. The average Bonchev–Trinajstić information content (AvgIpc) is 2.59. The van der Waals surface area contributed by atoms with E-state index in [9.17, 15) is 4.79 Å². The second kappa shape index (κ2) is 6.75. The monoisotopic (exact) mass is 311 g/mol. The molecule has 6 heteroatoms. The van der Waals surface area contributed by atoms with Crippen LogP contribution in [0.1, 0.15) is 28.5 Å². The Morgan fingerprint density at radius 1 is 1.35 bits per heavy atom. The number of nitrogens with zero attached hydrogens (tertiary/aromatic N) is 3. The van der Waals surface area contributed by atoms with Gasteiger partial charge in [0.15, 0.2) is 0 Å². The number of hydrogen-bond acceptors (Lipinski definition) is 5. The first-order valence-electron chi connectivity index (χ1n) is 7.80. The molecule has 1 aromatic carbocycles. The first kappa shape index (κ1) is 15.4. The molecule has 2 heterocycles. The molecule has 0 spiro atoms. The smallest absolute Gasteiger partial charge is 0.268 e. The highest BCUT2D eigenvalue weighted by molar-refractivity contribution is 5.90. The van der Waals surface area contributed by atoms with Crippen LogP contribution in [0.5, 0.6) is 0 Å². The van der Waals surface area contributed by atoms with Crippen molar-refractivity contribution in [3.05, 3.63) is 53.5 Å². The molecule has 1 unspecified atom stereocenters. The molecule has 23 heavy (non-hydrogen) atoms. The van der Waals surface area contributed by atoms with Gasteiger partial charge in [-0.05, 0) is 24.5 Å². The number of amides is 1. The predicted molar refractivity (Wildman–Crippen MR) is 89.1 cm³/mol. The fourth-order valence-electron chi connectivity index (χ4n) is 2.85. The van der Waals surface area contributed by atoms with Gasteiger partial charge in [-0.2, -0.15) is 0 Å². The van der Waals surface area contributed by atoms with Crippen LogP contribution in [0, 0.1) is 0 Å². The van der Waals surface area contributed by atoms with E-state index in [-0.39, 0.29) is 5.69 Å². The largest absolute Gasteiger partial charge is 0.367 e. The van der Waals surface area contributed by atoms with Crippen LogP contribution in [-0.4, -0.2) is 39.9 Å². The predicted octanol–water partition coefficient (Wildman–Crippen LogP) is 1.43. The summed E-state index contributed by atoms with van der Waals surface area (Å²) in [7, 11) is 0. The van der Waals surface area contributed by atoms with E-state index in [1.807, 2.05) is 0 Å². The van der Waals surface area contributed by atoms with E-state index >= 15 is 0 Å². The molecule has 3 N–H and O–H groups in total. The Balaban J connectivity index is 1.59. The first-order valence-corrected chi connectivity index (χ1v) is 7.80. The fraction of sp³-hybridized carbons (Fsp3) is 0.353. The van der Waals surface area contributed by atoms with Crippen molar-refractivity contribution in [2.75, 3.05) is 18.4 Å². The number of nitrogens with one attached hydrogen (secondary N) is 1. The van der Waals surface area contributed by atoms with Gasteiger partial charge in [0.1, 0.15) is 11.5 Å². The summed E-state index contributed by atoms with van der Waals surface area (Å²) in [5.74, 6) is 0.00685. The molecule has 0 radical (unpaired) electrons. The molecule has 1 aliphatic heterocycles. The minimum atomic E-state index is -0.568. The van der Waals surface area contributed by atoms with Crippen molar-refractivity contribution in [1.82, 2.24) is 14.9 Å². The molecule has 2 aromatic rings. The first-order chi connectivity index (χ1) is 11.1. The number of primary amides is 1. The minimum Gasteiger partial charge on any atom is -0.367 e. The maximum atomic E-state index is 11.1. The lowest BCUT2D eigenvalue weighted by Crippen LogP contribution is -2.41. The Hall–Kier alpha value is -2.47. The number of hydrogen-bond donors (Lipinski definition) is 2. The topological polar surface area (TPSA) is 84.1 Å². The lowest BCUT2D eigenvalue weighted by atomic mass is 9.99. The van der Waals surface area contributed by atoms with E-state index in [4.69, 9.17) is 5.73 Å². The Morgan fingerprint density at radius 2 is 2.13 bits per heavy atom. The molecule has 0 fully saturated rings. The van der Waals surface area contributed by atoms with Gasteiger partial charge < -0.3 is 11.1 Å². The maximum absolute atomic E-state index is 11.1. The molecule has 1 atom stereocenters. The average molecular weight is 311 g/mol. The molecule has 1 aliphatic rings. The molecule has 120 valence electrons. The summed E-state index contributed by atoms with van der Waals surface area (Å²) in [5.41, 5.74) is 8.25. The molecular formula is C17H21N5O. The lowest BCUT2D eigenvalue weighted by Gasteiger charge is -2.33. The summed E-state index contributed by atoms with van der Waals surface area (Å²) in [4.78, 5) is 21.7. The summed E-state index contributed by atoms with van der Waals surface area (Å²) in [6.45, 7) is 4.93. The van der Waals surface area contributed by atoms with Gasteiger partial charge in [-0.25, -0.2) is 4.98 Å². The highest BCUT2D eigenvalue weighted by Gasteiger charge is 2.20. The number of anilines is 1. The van der Waals surface area contributed by atoms with Gasteiger partial charge in [-0.1, -0.05) is 24.3 Å². The number of rotatable bonds is 5. The van der Waals surface area contributed by atoms with E-state index in [1.165, 1.54) is 17.3 Å². The molecule has 0 saturated heterocycles. The van der Waals surface area contributed by atoms with Crippen LogP contribution in [0.3, 0.4) is 0 Å². The van der Waals surface area contributed by atoms with Gasteiger partial charge in [0.2, 0.25) is 0 Å². The standard InChI is InChI=1S/C17H21N5O/c1-12(8-20-16-10-19-9-15(21-16)17(18)23)22-7-6-13-4-2-3-5-14(13)11-22/h2-5,9-10,12H,6-8,11H2,1H3,(H2,18,23)(H,20,21). The van der Waals surface area contributed by atoms with Gasteiger partial charge in [0.05, 0.1) is 12.4 Å². The lowest BCUT2D eigenvalue weighted by molar-refractivity contribution is 0.0995. The van der Waals surface area contributed by atoms with Crippen LogP contribution in [-0.2, 0) is 13.0 Å². The Kier molecular flexibility index (Phi) is 4.52. The maximum Gasteiger partial charge on any atom is 0.268 e. The molecule has 0 bridgehead atoms. The molecule has 3 rings (SSSR count). The zero-order valence-corrected chi connectivity index (χ0v) is 13.2. The summed E-state index contributed by atoms with van der Waals surface area (Å²) in [5, 5.41) is 3.24. The highest BCUT2D eigenvalue weighted by Crippen LogP contribution is 2.20. The quantitative estimate of drug-likeness (QED) is 0.873. The Morgan fingerprint density at radius 3 is 2.91 bits per heavy atom. The van der Waals surface area contributed by atoms with Crippen molar-refractivity contribution in [3.63, 3.8) is 0 Å². The van der Waals surface area contributed by atoms with E-state index in [0.717, 1.165) is 26.1 Å². The van der Waals surface area contributed by atoms with Crippen LogP contribution < -0.4 is 11.1 Å². The molecule has 1 amide bonds. The van der Waals surface area contributed by atoms with Crippen molar-refractivity contribution >= 4 is 11.7 Å². The van der Waals surface area contributed by atoms with E-state index in [0.29, 0.717) is 11.9 Å². The van der Waals surface area contributed by atoms with Crippen molar-refractivity contribution in [2.45, 2.75) is 25.9 Å². The second-order valence-electron chi connectivity index (χ2n) is 5.87. The van der Waals surface area contributed by atoms with Crippen LogP contribution in [0.4, 0.5) is 5.82 Å². The third-order valence-electron chi connectivity index (χ3n) is 4.25. The second-order valence-corrected chi connectivity index (χ2v) is 5.87. The van der Waals surface area contributed by atoms with E-state index < -0.39 is 5.91 Å². The number of fused-ring (bicyclic) bond motifs is 1. The molecule has 0 aliphatic carbocycles. The number of benzene rings is 1. The van der Waals surface area contributed by atoms with Crippen LogP contribution in [0.15, 0.2) is 36.7 Å². The van der Waals surface area contributed by atoms with Crippen LogP contribution in [0.2, 0.25) is 0 Å². The molecule has 0 saturated carbocycles. The molecular weight excluding hydrogens is 290 g/mol. The van der Waals surface area contributed by atoms with Gasteiger partial charge in [-0.15, -0.1) is 0 Å². The summed E-state index contributed by atoms with van der Waals surface area (Å²) in [6.07, 6.45) is 4.06. The van der Waals surface area contributed by atoms with Crippen molar-refractivity contribution in [1.29, 1.82) is 0 Å². The van der Waals surface area contributed by atoms with Gasteiger partial charge in [0, 0.05) is 25.7 Å². The SMILES string of the molecule is CC(CNc1cncc(C(N)=O)n1)N1CCc2ccccc2C1. The number of nitrogens with two attached hydrogens (primary N) is 1. The van der Waals surface area contributed by atoms with Gasteiger partial charge in [0.25, 0.3) is 5.91 Å². The number of aromatic nitrogens is 2. The highest BCUT2D eigenvalue weighted by atomic mass is 16.1. The van der Waals surface area contributed by atoms with E-state index in [1.54, 1.807) is 6.20 Å².